The van der Waals surface area contributed by atoms with Crippen LogP contribution in [0.25, 0.3) is 0 Å². The number of methoxy groups -OCH3 is 1. The molecule has 0 radical (unpaired) electrons. The number of hydrogen-bond donors (Lipinski definition) is 3. The topological polar surface area (TPSA) is 115 Å². The zero-order valence-corrected chi connectivity index (χ0v) is 17.5. The molecule has 0 spiro atoms. The molecule has 3 atom stereocenters. The number of halogens is 2. The van der Waals surface area contributed by atoms with Gasteiger partial charge in [0.1, 0.15) is 6.10 Å². The molecule has 1 fully saturated rings. The molecular formula is C21H24F2N3O5+. The fourth-order valence-electron chi connectivity index (χ4n) is 3.84. The predicted molar refractivity (Wildman–Crippen MR) is 105 cm³/mol. The molecule has 10 heteroatoms. The number of ether oxygens (including phenoxy) is 2. The molecule has 0 bridgehead atoms. The van der Waals surface area contributed by atoms with E-state index >= 15 is 0 Å². The van der Waals surface area contributed by atoms with E-state index in [0.29, 0.717) is 10.3 Å². The first kappa shape index (κ1) is 22.4. The Balaban J connectivity index is 1.99. The molecule has 0 unspecified atom stereocenters. The van der Waals surface area contributed by atoms with E-state index in [1.165, 1.54) is 25.3 Å². The fourth-order valence-corrected chi connectivity index (χ4v) is 3.84. The molecule has 2 amide bonds. The average Bonchev–Trinajstić information content (AvgIpc) is 2.94. The van der Waals surface area contributed by atoms with E-state index < -0.39 is 41.1 Å². The Labute approximate surface area is 177 Å². The van der Waals surface area contributed by atoms with E-state index in [2.05, 4.69) is 5.32 Å². The van der Waals surface area contributed by atoms with Crippen molar-refractivity contribution in [3.05, 3.63) is 53.4 Å². The molecule has 2 heterocycles. The number of benzene rings is 1. The number of nitrogens with two attached hydrogens (primary N) is 1. The van der Waals surface area contributed by atoms with Crippen LogP contribution in [0.5, 0.6) is 5.75 Å². The number of anilines is 1. The van der Waals surface area contributed by atoms with Crippen LogP contribution >= 0.6 is 0 Å². The molecule has 0 saturated carbocycles. The molecule has 2 aromatic rings. The van der Waals surface area contributed by atoms with Gasteiger partial charge in [-0.2, -0.15) is 4.39 Å². The van der Waals surface area contributed by atoms with Crippen LogP contribution in [0.15, 0.2) is 30.5 Å². The summed E-state index contributed by atoms with van der Waals surface area (Å²) in [5.74, 6) is -4.87. The molecule has 1 aromatic heterocycles. The lowest BCUT2D eigenvalue weighted by atomic mass is 9.78. The summed E-state index contributed by atoms with van der Waals surface area (Å²) in [4.78, 5) is 24.6. The summed E-state index contributed by atoms with van der Waals surface area (Å²) in [5, 5.41) is 12.3. The Morgan fingerprint density at radius 3 is 2.58 bits per heavy atom. The Kier molecular flexibility index (Phi) is 5.86. The Hall–Kier alpha value is -3.27. The molecule has 3 rings (SSSR count). The number of primary amides is 1. The molecule has 1 aromatic carbocycles. The van der Waals surface area contributed by atoms with Gasteiger partial charge in [0, 0.05) is 28.3 Å². The molecule has 1 saturated heterocycles. The standard InChI is InChI=1S/C21H23F2N3O5/c1-10-15(12-5-6-13(22)16(23)17(12)30-4)18(31-21(10,2)3)20(28)25-11-7-8-26(29)14(9-11)19(24)27/h5-10,15,18,29H,1-4H3,(H2,24,27)/p+1/t10-,15+,18-/m0/s1. The summed E-state index contributed by atoms with van der Waals surface area (Å²) in [6, 6.07) is 4.93. The second-order valence-electron chi connectivity index (χ2n) is 7.94. The third kappa shape index (κ3) is 4.02. The maximum Gasteiger partial charge on any atom is 0.323 e. The largest absolute Gasteiger partial charge is 0.493 e. The Morgan fingerprint density at radius 2 is 1.97 bits per heavy atom. The van der Waals surface area contributed by atoms with Gasteiger partial charge in [-0.05, 0) is 25.8 Å². The first-order valence-corrected chi connectivity index (χ1v) is 9.53. The lowest BCUT2D eigenvalue weighted by Crippen LogP contribution is -2.40. The van der Waals surface area contributed by atoms with E-state index in [9.17, 15) is 23.6 Å². The number of carbonyl (C=O) groups excluding carboxylic acids is 2. The highest BCUT2D eigenvalue weighted by Gasteiger charge is 2.51. The average molecular weight is 436 g/mol. The Bertz CT molecular complexity index is 1040. The normalized spacial score (nSPS) is 22.2. The van der Waals surface area contributed by atoms with Gasteiger partial charge in [-0.3, -0.25) is 14.8 Å². The monoisotopic (exact) mass is 436 g/mol. The number of pyridine rings is 1. The van der Waals surface area contributed by atoms with Gasteiger partial charge in [0.05, 0.1) is 18.4 Å². The second-order valence-corrected chi connectivity index (χ2v) is 7.94. The number of nitrogens with zero attached hydrogens (tertiary/aromatic N) is 1. The maximum atomic E-state index is 14.4. The maximum absolute atomic E-state index is 14.4. The van der Waals surface area contributed by atoms with Gasteiger partial charge in [0.15, 0.2) is 11.6 Å². The molecule has 4 N–H and O–H groups in total. The van der Waals surface area contributed by atoms with E-state index in [1.807, 2.05) is 6.92 Å². The van der Waals surface area contributed by atoms with Gasteiger partial charge in [0.2, 0.25) is 12.0 Å². The molecule has 166 valence electrons. The SMILES string of the molecule is COc1c([C@@H]2[C@@H](C(=O)Nc3cc[n+](O)c(C(N)=O)c3)OC(C)(C)[C@H]2C)ccc(F)c1F. The third-order valence-corrected chi connectivity index (χ3v) is 5.75. The van der Waals surface area contributed by atoms with E-state index in [0.717, 1.165) is 12.3 Å². The molecule has 1 aliphatic heterocycles. The lowest BCUT2D eigenvalue weighted by molar-refractivity contribution is -0.905. The summed E-state index contributed by atoms with van der Waals surface area (Å²) >= 11 is 0. The number of hydrogen-bond acceptors (Lipinski definition) is 5. The summed E-state index contributed by atoms with van der Waals surface area (Å²) in [7, 11) is 1.22. The first-order valence-electron chi connectivity index (χ1n) is 9.53. The number of amides is 2. The number of carbonyl (C=O) groups is 2. The van der Waals surface area contributed by atoms with Crippen LogP contribution in [0, 0.1) is 17.6 Å². The van der Waals surface area contributed by atoms with Crippen LogP contribution in [0.1, 0.15) is 42.7 Å². The minimum atomic E-state index is -1.14. The highest BCUT2D eigenvalue weighted by Crippen LogP contribution is 2.49. The summed E-state index contributed by atoms with van der Waals surface area (Å²) in [5.41, 5.74) is 4.71. The highest BCUT2D eigenvalue weighted by atomic mass is 19.2. The van der Waals surface area contributed by atoms with Gasteiger partial charge < -0.3 is 20.5 Å². The van der Waals surface area contributed by atoms with Crippen molar-refractivity contribution in [2.75, 3.05) is 12.4 Å². The van der Waals surface area contributed by atoms with E-state index in [4.69, 9.17) is 15.2 Å². The Morgan fingerprint density at radius 1 is 1.29 bits per heavy atom. The van der Waals surface area contributed by atoms with Crippen molar-refractivity contribution in [3.63, 3.8) is 0 Å². The predicted octanol–water partition coefficient (Wildman–Crippen LogP) is 2.13. The molecule has 31 heavy (non-hydrogen) atoms. The van der Waals surface area contributed by atoms with Crippen LogP contribution in [0.3, 0.4) is 0 Å². The quantitative estimate of drug-likeness (QED) is 0.491. The number of rotatable bonds is 5. The van der Waals surface area contributed by atoms with E-state index in [-0.39, 0.29) is 23.0 Å². The van der Waals surface area contributed by atoms with Crippen LogP contribution < -0.4 is 20.5 Å². The summed E-state index contributed by atoms with van der Waals surface area (Å²) < 4.78 is 39.7. The number of aromatic nitrogens is 1. The van der Waals surface area contributed by atoms with Gasteiger partial charge in [-0.1, -0.05) is 13.0 Å². The van der Waals surface area contributed by atoms with Crippen molar-refractivity contribution in [1.82, 2.24) is 0 Å². The summed E-state index contributed by atoms with van der Waals surface area (Å²) in [6.07, 6.45) is 0.0791. The molecule has 8 nitrogen and oxygen atoms in total. The van der Waals surface area contributed by atoms with Crippen LogP contribution in [-0.4, -0.2) is 35.8 Å². The van der Waals surface area contributed by atoms with Gasteiger partial charge in [-0.25, -0.2) is 4.39 Å². The molecule has 1 aliphatic rings. The van der Waals surface area contributed by atoms with Crippen molar-refractivity contribution < 1.29 is 37.8 Å². The van der Waals surface area contributed by atoms with Crippen molar-refractivity contribution in [1.29, 1.82) is 0 Å². The minimum absolute atomic E-state index is 0.195. The van der Waals surface area contributed by atoms with Gasteiger partial charge in [0.25, 0.3) is 5.91 Å². The molecular weight excluding hydrogens is 412 g/mol. The minimum Gasteiger partial charge on any atom is -0.493 e. The van der Waals surface area contributed by atoms with Gasteiger partial charge >= 0.3 is 11.6 Å². The first-order chi connectivity index (χ1) is 14.5. The van der Waals surface area contributed by atoms with Crippen LogP contribution in [0.2, 0.25) is 0 Å². The zero-order valence-electron chi connectivity index (χ0n) is 17.5. The van der Waals surface area contributed by atoms with Crippen molar-refractivity contribution >= 4 is 17.5 Å². The fraction of sp³-hybridized carbons (Fsp3) is 0.381. The smallest absolute Gasteiger partial charge is 0.323 e. The van der Waals surface area contributed by atoms with Crippen LogP contribution in [0.4, 0.5) is 14.5 Å². The molecule has 0 aliphatic carbocycles. The lowest BCUT2D eigenvalue weighted by Gasteiger charge is -2.25. The van der Waals surface area contributed by atoms with Crippen LogP contribution in [-0.2, 0) is 9.53 Å². The highest BCUT2D eigenvalue weighted by molar-refractivity contribution is 5.97. The van der Waals surface area contributed by atoms with Gasteiger partial charge in [-0.15, -0.1) is 0 Å². The van der Waals surface area contributed by atoms with Crippen molar-refractivity contribution in [3.8, 4) is 5.75 Å². The summed E-state index contributed by atoms with van der Waals surface area (Å²) in [6.45, 7) is 5.44. The van der Waals surface area contributed by atoms with Crippen molar-refractivity contribution in [2.24, 2.45) is 11.7 Å². The third-order valence-electron chi connectivity index (χ3n) is 5.75. The number of nitrogens with one attached hydrogen (secondary N) is 1. The van der Waals surface area contributed by atoms with Crippen molar-refractivity contribution in [2.45, 2.75) is 38.4 Å². The van der Waals surface area contributed by atoms with E-state index in [1.54, 1.807) is 13.8 Å². The second kappa shape index (κ2) is 8.10. The zero-order chi connectivity index (χ0) is 23.1.